The van der Waals surface area contributed by atoms with Gasteiger partial charge in [-0.3, -0.25) is 4.79 Å². The van der Waals surface area contributed by atoms with Crippen LogP contribution >= 0.6 is 0 Å². The van der Waals surface area contributed by atoms with Crippen molar-refractivity contribution in [2.75, 3.05) is 6.61 Å². The number of ether oxygens (including phenoxy) is 3. The van der Waals surface area contributed by atoms with Crippen molar-refractivity contribution in [2.45, 2.75) is 31.3 Å². The topological polar surface area (TPSA) is 44.8 Å². The highest BCUT2D eigenvalue weighted by Gasteiger charge is 2.47. The predicted molar refractivity (Wildman–Crippen MR) is 58.9 cm³/mol. The fourth-order valence-corrected chi connectivity index (χ4v) is 2.23. The smallest absolute Gasteiger partial charge is 0.330 e. The van der Waals surface area contributed by atoms with Gasteiger partial charge in [0.25, 0.3) is 0 Å². The molecular weight excluding hydrogens is 220 g/mol. The molecule has 0 aliphatic carbocycles. The molecule has 2 heterocycles. The summed E-state index contributed by atoms with van der Waals surface area (Å²) in [6, 6.07) is 9.83. The quantitative estimate of drug-likeness (QED) is 0.698. The molecule has 2 atom stereocenters. The zero-order valence-electron chi connectivity index (χ0n) is 9.43. The average Bonchev–Trinajstić information content (AvgIpc) is 2.74. The van der Waals surface area contributed by atoms with Gasteiger partial charge in [0.1, 0.15) is 6.10 Å². The van der Waals surface area contributed by atoms with Gasteiger partial charge in [-0.2, -0.15) is 0 Å². The Labute approximate surface area is 99.5 Å². The van der Waals surface area contributed by atoms with E-state index in [-0.39, 0.29) is 12.1 Å². The first-order valence-electron chi connectivity index (χ1n) is 5.86. The molecule has 3 rings (SSSR count). The highest BCUT2D eigenvalue weighted by Crippen LogP contribution is 2.39. The van der Waals surface area contributed by atoms with Crippen LogP contribution in [0.25, 0.3) is 0 Å². The number of carbonyl (C=O) groups excluding carboxylic acids is 1. The fourth-order valence-electron chi connectivity index (χ4n) is 2.23. The molecule has 90 valence electrons. The van der Waals surface area contributed by atoms with Crippen LogP contribution in [0.1, 0.15) is 30.9 Å². The van der Waals surface area contributed by atoms with E-state index in [0.29, 0.717) is 19.4 Å². The van der Waals surface area contributed by atoms with E-state index in [0.717, 1.165) is 12.0 Å². The fraction of sp³-hybridized carbons (Fsp3) is 0.462. The second-order valence-corrected chi connectivity index (χ2v) is 4.34. The largest absolute Gasteiger partial charge is 0.408 e. The first-order valence-corrected chi connectivity index (χ1v) is 5.86. The van der Waals surface area contributed by atoms with Crippen LogP contribution in [0.2, 0.25) is 0 Å². The number of hydrogen-bond acceptors (Lipinski definition) is 4. The summed E-state index contributed by atoms with van der Waals surface area (Å²) in [5.74, 6) is -1.37. The molecule has 0 amide bonds. The molecule has 2 unspecified atom stereocenters. The molecule has 17 heavy (non-hydrogen) atoms. The summed E-state index contributed by atoms with van der Waals surface area (Å²) in [5.41, 5.74) is 1.05. The third-order valence-corrected chi connectivity index (χ3v) is 3.08. The van der Waals surface area contributed by atoms with Crippen molar-refractivity contribution >= 4 is 5.97 Å². The lowest BCUT2D eigenvalue weighted by molar-refractivity contribution is -0.330. The minimum Gasteiger partial charge on any atom is -0.408 e. The second kappa shape index (κ2) is 4.13. The number of esters is 1. The third kappa shape index (κ3) is 2.06. The van der Waals surface area contributed by atoms with Crippen molar-refractivity contribution < 1.29 is 19.0 Å². The van der Waals surface area contributed by atoms with Gasteiger partial charge in [-0.25, -0.2) is 0 Å². The minimum absolute atomic E-state index is 0.151. The summed E-state index contributed by atoms with van der Waals surface area (Å²) in [4.78, 5) is 11.3. The Kier molecular flexibility index (Phi) is 2.61. The van der Waals surface area contributed by atoms with Crippen LogP contribution in [0.5, 0.6) is 0 Å². The lowest BCUT2D eigenvalue weighted by Gasteiger charge is -2.30. The second-order valence-electron chi connectivity index (χ2n) is 4.34. The Balaban J connectivity index is 1.75. The zero-order chi connectivity index (χ0) is 11.7. The minimum atomic E-state index is -1.13. The molecule has 0 N–H and O–H groups in total. The van der Waals surface area contributed by atoms with Crippen LogP contribution in [0.3, 0.4) is 0 Å². The van der Waals surface area contributed by atoms with Crippen LogP contribution in [0, 0.1) is 0 Å². The first-order chi connectivity index (χ1) is 8.27. The monoisotopic (exact) mass is 234 g/mol. The lowest BCUT2D eigenvalue weighted by atomic mass is 10.1. The standard InChI is InChI=1S/C13H14O4/c14-12-7-4-8-13(17-12)15-9-11(16-13)10-5-2-1-3-6-10/h1-3,5-6,11H,4,7-9H2. The summed E-state index contributed by atoms with van der Waals surface area (Å²) in [5, 5.41) is 0. The molecule has 1 aromatic rings. The first kappa shape index (κ1) is 10.7. The SMILES string of the molecule is O=C1CCCC2(OCC(c3ccccc3)O2)O1. The van der Waals surface area contributed by atoms with E-state index in [4.69, 9.17) is 14.2 Å². The van der Waals surface area contributed by atoms with E-state index in [9.17, 15) is 4.79 Å². The molecule has 2 fully saturated rings. The van der Waals surface area contributed by atoms with Crippen LogP contribution in [-0.2, 0) is 19.0 Å². The summed E-state index contributed by atoms with van der Waals surface area (Å²) in [7, 11) is 0. The molecule has 0 saturated carbocycles. The van der Waals surface area contributed by atoms with E-state index >= 15 is 0 Å². The van der Waals surface area contributed by atoms with Crippen LogP contribution in [0.4, 0.5) is 0 Å². The zero-order valence-corrected chi connectivity index (χ0v) is 9.43. The molecule has 2 aliphatic heterocycles. The number of carbonyl (C=O) groups is 1. The Hall–Kier alpha value is -1.39. The van der Waals surface area contributed by atoms with Crippen molar-refractivity contribution in [1.29, 1.82) is 0 Å². The highest BCUT2D eigenvalue weighted by atomic mass is 16.9. The Morgan fingerprint density at radius 2 is 2.06 bits per heavy atom. The molecule has 0 bridgehead atoms. The molecule has 4 heteroatoms. The van der Waals surface area contributed by atoms with Crippen LogP contribution in [0.15, 0.2) is 30.3 Å². The van der Waals surface area contributed by atoms with Gasteiger partial charge in [-0.1, -0.05) is 30.3 Å². The Morgan fingerprint density at radius 3 is 2.82 bits per heavy atom. The van der Waals surface area contributed by atoms with Gasteiger partial charge in [0.2, 0.25) is 0 Å². The van der Waals surface area contributed by atoms with Gasteiger partial charge >= 0.3 is 11.9 Å². The number of hydrogen-bond donors (Lipinski definition) is 0. The van der Waals surface area contributed by atoms with Crippen molar-refractivity contribution in [3.63, 3.8) is 0 Å². The third-order valence-electron chi connectivity index (χ3n) is 3.08. The van der Waals surface area contributed by atoms with Gasteiger partial charge < -0.3 is 14.2 Å². The van der Waals surface area contributed by atoms with Crippen LogP contribution < -0.4 is 0 Å². The van der Waals surface area contributed by atoms with Gasteiger partial charge in [-0.05, 0) is 12.0 Å². The van der Waals surface area contributed by atoms with Gasteiger partial charge in [0, 0.05) is 12.8 Å². The average molecular weight is 234 g/mol. The molecule has 0 aromatic heterocycles. The van der Waals surface area contributed by atoms with Gasteiger partial charge in [0.15, 0.2) is 0 Å². The summed E-state index contributed by atoms with van der Waals surface area (Å²) < 4.78 is 16.5. The number of benzene rings is 1. The van der Waals surface area contributed by atoms with E-state index < -0.39 is 5.97 Å². The molecule has 1 spiro atoms. The molecular formula is C13H14O4. The van der Waals surface area contributed by atoms with Gasteiger partial charge in [-0.15, -0.1) is 0 Å². The van der Waals surface area contributed by atoms with E-state index in [1.807, 2.05) is 30.3 Å². The molecule has 2 aliphatic rings. The van der Waals surface area contributed by atoms with E-state index in [1.165, 1.54) is 0 Å². The van der Waals surface area contributed by atoms with Crippen molar-refractivity contribution in [1.82, 2.24) is 0 Å². The summed E-state index contributed by atoms with van der Waals surface area (Å²) in [6.45, 7) is 0.428. The molecule has 1 aromatic carbocycles. The normalized spacial score (nSPS) is 32.7. The Morgan fingerprint density at radius 1 is 1.24 bits per heavy atom. The molecule has 4 nitrogen and oxygen atoms in total. The van der Waals surface area contributed by atoms with Crippen molar-refractivity contribution in [3.8, 4) is 0 Å². The number of rotatable bonds is 1. The van der Waals surface area contributed by atoms with Crippen LogP contribution in [-0.4, -0.2) is 18.5 Å². The maximum absolute atomic E-state index is 11.3. The highest BCUT2D eigenvalue weighted by molar-refractivity contribution is 5.70. The van der Waals surface area contributed by atoms with E-state index in [1.54, 1.807) is 0 Å². The van der Waals surface area contributed by atoms with Crippen molar-refractivity contribution in [3.05, 3.63) is 35.9 Å². The van der Waals surface area contributed by atoms with Gasteiger partial charge in [0.05, 0.1) is 6.61 Å². The maximum Gasteiger partial charge on any atom is 0.330 e. The molecule has 2 saturated heterocycles. The predicted octanol–water partition coefficient (Wildman–Crippen LogP) is 2.16. The molecule has 0 radical (unpaired) electrons. The Bertz CT molecular complexity index is 417. The van der Waals surface area contributed by atoms with Crippen molar-refractivity contribution in [2.24, 2.45) is 0 Å². The lowest BCUT2D eigenvalue weighted by Crippen LogP contribution is -2.39. The maximum atomic E-state index is 11.3. The summed E-state index contributed by atoms with van der Waals surface area (Å²) >= 11 is 0. The van der Waals surface area contributed by atoms with E-state index in [2.05, 4.69) is 0 Å². The summed E-state index contributed by atoms with van der Waals surface area (Å²) in [6.07, 6.45) is 1.66.